The number of carbonyl (C=O) groups is 2. The van der Waals surface area contributed by atoms with Gasteiger partial charge in [0, 0.05) is 11.3 Å². The van der Waals surface area contributed by atoms with Gasteiger partial charge in [-0.1, -0.05) is 35.5 Å². The quantitative estimate of drug-likeness (QED) is 0.192. The summed E-state index contributed by atoms with van der Waals surface area (Å²) in [6, 6.07) is 13.1. The predicted molar refractivity (Wildman–Crippen MR) is 159 cm³/mol. The van der Waals surface area contributed by atoms with Crippen molar-refractivity contribution in [3.63, 3.8) is 0 Å². The second-order valence-corrected chi connectivity index (χ2v) is 10.5. The number of rotatable bonds is 11. The number of anilines is 1. The monoisotopic (exact) mass is 649 g/mol. The fraction of sp³-hybridized carbons (Fsp3) is 0.241. The molecule has 0 aliphatic heterocycles. The number of aromatic nitrogens is 3. The van der Waals surface area contributed by atoms with Crippen LogP contribution in [0.5, 0.6) is 17.2 Å². The van der Waals surface area contributed by atoms with Gasteiger partial charge in [0.15, 0.2) is 22.5 Å². The molecule has 44 heavy (non-hydrogen) atoms. The zero-order chi connectivity index (χ0) is 32.0. The van der Waals surface area contributed by atoms with E-state index in [2.05, 4.69) is 20.8 Å². The number of halogens is 4. The van der Waals surface area contributed by atoms with Gasteiger partial charge in [-0.25, -0.2) is 0 Å². The summed E-state index contributed by atoms with van der Waals surface area (Å²) >= 11 is 7.02. The van der Waals surface area contributed by atoms with Crippen LogP contribution in [0.1, 0.15) is 27.3 Å². The van der Waals surface area contributed by atoms with Crippen LogP contribution in [0.3, 0.4) is 0 Å². The molecule has 0 atom stereocenters. The van der Waals surface area contributed by atoms with E-state index < -0.39 is 23.6 Å². The summed E-state index contributed by atoms with van der Waals surface area (Å²) in [5.41, 5.74) is 0.762. The number of methoxy groups -OCH3 is 3. The molecule has 4 aromatic rings. The summed E-state index contributed by atoms with van der Waals surface area (Å²) in [6.07, 6.45) is -4.60. The molecule has 10 nitrogen and oxygen atoms in total. The Balaban J connectivity index is 1.54. The molecule has 0 unspecified atom stereocenters. The van der Waals surface area contributed by atoms with E-state index in [4.69, 9.17) is 25.8 Å². The highest BCUT2D eigenvalue weighted by atomic mass is 35.5. The minimum atomic E-state index is -4.60. The number of hydrogen-bond donors (Lipinski definition) is 2. The molecule has 1 aromatic heterocycles. The number of benzene rings is 3. The largest absolute Gasteiger partial charge is 0.493 e. The number of nitrogens with one attached hydrogen (secondary N) is 2. The van der Waals surface area contributed by atoms with Crippen LogP contribution in [0.25, 0.3) is 5.69 Å². The van der Waals surface area contributed by atoms with Crippen LogP contribution in [0.15, 0.2) is 59.8 Å². The van der Waals surface area contributed by atoms with E-state index in [0.717, 1.165) is 35.5 Å². The molecule has 0 saturated heterocycles. The molecule has 0 bridgehead atoms. The Morgan fingerprint density at radius 3 is 2.30 bits per heavy atom. The smallest absolute Gasteiger partial charge is 0.416 e. The Kier molecular flexibility index (Phi) is 10.3. The molecule has 1 heterocycles. The molecular formula is C29H27ClF3N5O5S. The lowest BCUT2D eigenvalue weighted by molar-refractivity contribution is -0.137. The normalized spacial score (nSPS) is 11.2. The van der Waals surface area contributed by atoms with Gasteiger partial charge in [-0.3, -0.25) is 14.2 Å². The number of amides is 2. The number of ether oxygens (including phenoxy) is 3. The average Bonchev–Trinajstić information content (AvgIpc) is 3.41. The van der Waals surface area contributed by atoms with Crippen molar-refractivity contribution in [2.24, 2.45) is 0 Å². The lowest BCUT2D eigenvalue weighted by atomic mass is 10.1. The highest BCUT2D eigenvalue weighted by Crippen LogP contribution is 2.38. The van der Waals surface area contributed by atoms with Crippen LogP contribution in [0, 0.1) is 6.92 Å². The first-order valence-corrected chi connectivity index (χ1v) is 14.2. The Labute approximate surface area is 259 Å². The van der Waals surface area contributed by atoms with Crippen LogP contribution in [0.4, 0.5) is 18.9 Å². The van der Waals surface area contributed by atoms with Crippen LogP contribution >= 0.6 is 23.4 Å². The Morgan fingerprint density at radius 2 is 1.68 bits per heavy atom. The molecule has 3 aromatic carbocycles. The van der Waals surface area contributed by atoms with Crippen molar-refractivity contribution in [2.45, 2.75) is 24.8 Å². The topological polar surface area (TPSA) is 117 Å². The van der Waals surface area contributed by atoms with E-state index in [1.807, 2.05) is 31.2 Å². The van der Waals surface area contributed by atoms with E-state index in [1.165, 1.54) is 33.5 Å². The molecule has 2 N–H and O–H groups in total. The highest BCUT2D eigenvalue weighted by molar-refractivity contribution is 7.99. The molecule has 0 radical (unpaired) electrons. The van der Waals surface area contributed by atoms with Crippen LogP contribution in [-0.4, -0.2) is 53.7 Å². The molecule has 2 amide bonds. The van der Waals surface area contributed by atoms with Gasteiger partial charge >= 0.3 is 6.18 Å². The van der Waals surface area contributed by atoms with Crippen molar-refractivity contribution in [3.05, 3.63) is 82.1 Å². The average molecular weight is 650 g/mol. The number of aryl methyl sites for hydroxylation is 1. The van der Waals surface area contributed by atoms with Gasteiger partial charge in [0.2, 0.25) is 11.7 Å². The van der Waals surface area contributed by atoms with Crippen molar-refractivity contribution >= 4 is 40.9 Å². The van der Waals surface area contributed by atoms with Crippen LogP contribution in [-0.2, 0) is 17.5 Å². The third-order valence-corrected chi connectivity index (χ3v) is 7.45. The SMILES string of the molecule is COc1cc(C(=O)NCc2nnc(SCC(=O)Nc3cc(C(F)(F)F)ccc3Cl)n2-c2cccc(C)c2)cc(OC)c1OC. The van der Waals surface area contributed by atoms with Crippen LogP contribution in [0.2, 0.25) is 5.02 Å². The molecule has 0 spiro atoms. The summed E-state index contributed by atoms with van der Waals surface area (Å²) in [5.74, 6) is 0.0504. The van der Waals surface area contributed by atoms with Gasteiger partial charge in [-0.05, 0) is 55.0 Å². The second-order valence-electron chi connectivity index (χ2n) is 9.20. The minimum absolute atomic E-state index is 0.0376. The number of alkyl halides is 3. The van der Waals surface area contributed by atoms with Crippen LogP contribution < -0.4 is 24.8 Å². The molecular weight excluding hydrogens is 623 g/mol. The lowest BCUT2D eigenvalue weighted by Crippen LogP contribution is -2.25. The Bertz CT molecular complexity index is 1660. The fourth-order valence-electron chi connectivity index (χ4n) is 4.12. The molecule has 15 heteroatoms. The van der Waals surface area contributed by atoms with Gasteiger partial charge in [-0.15, -0.1) is 10.2 Å². The van der Waals surface area contributed by atoms with E-state index in [-0.39, 0.29) is 28.6 Å². The zero-order valence-electron chi connectivity index (χ0n) is 23.9. The first-order valence-electron chi connectivity index (χ1n) is 12.8. The van der Waals surface area contributed by atoms with Crippen molar-refractivity contribution in [1.29, 1.82) is 0 Å². The summed E-state index contributed by atoms with van der Waals surface area (Å²) in [5, 5.41) is 13.9. The third kappa shape index (κ3) is 7.55. The summed E-state index contributed by atoms with van der Waals surface area (Å²) in [7, 11) is 4.34. The van der Waals surface area contributed by atoms with E-state index in [1.54, 1.807) is 4.57 Å². The standard InChI is InChI=1S/C29H27ClF3N5O5S/c1-16-6-5-7-19(10-16)38-24(14-34-27(40)17-11-22(41-2)26(43-4)23(12-17)42-3)36-37-28(38)44-15-25(39)35-21-13-18(29(31,32)33)8-9-20(21)30/h5-13H,14-15H2,1-4H3,(H,34,40)(H,35,39). The number of nitrogens with zero attached hydrogens (tertiary/aromatic N) is 3. The van der Waals surface area contributed by atoms with Crippen molar-refractivity contribution in [1.82, 2.24) is 20.1 Å². The van der Waals surface area contributed by atoms with E-state index in [0.29, 0.717) is 33.9 Å². The number of thioether (sulfide) groups is 1. The number of carbonyl (C=O) groups excluding carboxylic acids is 2. The van der Waals surface area contributed by atoms with Gasteiger partial charge < -0.3 is 24.8 Å². The van der Waals surface area contributed by atoms with E-state index in [9.17, 15) is 22.8 Å². The first-order chi connectivity index (χ1) is 20.9. The first kappa shape index (κ1) is 32.5. The summed E-state index contributed by atoms with van der Waals surface area (Å²) in [6.45, 7) is 1.86. The van der Waals surface area contributed by atoms with Gasteiger partial charge in [0.05, 0.1) is 49.9 Å². The van der Waals surface area contributed by atoms with Gasteiger partial charge in [0.1, 0.15) is 0 Å². The van der Waals surface area contributed by atoms with Crippen molar-refractivity contribution in [3.8, 4) is 22.9 Å². The molecule has 0 aliphatic carbocycles. The Hall–Kier alpha value is -4.43. The molecule has 232 valence electrons. The maximum atomic E-state index is 13.1. The fourth-order valence-corrected chi connectivity index (χ4v) is 5.06. The maximum Gasteiger partial charge on any atom is 0.416 e. The maximum absolute atomic E-state index is 13.1. The van der Waals surface area contributed by atoms with Gasteiger partial charge in [0.25, 0.3) is 5.91 Å². The molecule has 0 saturated carbocycles. The van der Waals surface area contributed by atoms with Crippen molar-refractivity contribution in [2.75, 3.05) is 32.4 Å². The highest BCUT2D eigenvalue weighted by Gasteiger charge is 2.31. The molecule has 4 rings (SSSR count). The molecule has 0 fully saturated rings. The van der Waals surface area contributed by atoms with E-state index >= 15 is 0 Å². The molecule has 0 aliphatic rings. The Morgan fingerprint density at radius 1 is 0.977 bits per heavy atom. The summed E-state index contributed by atoms with van der Waals surface area (Å²) < 4.78 is 57.0. The number of hydrogen-bond acceptors (Lipinski definition) is 8. The minimum Gasteiger partial charge on any atom is -0.493 e. The van der Waals surface area contributed by atoms with Gasteiger partial charge in [-0.2, -0.15) is 13.2 Å². The van der Waals surface area contributed by atoms with Crippen molar-refractivity contribution < 1.29 is 37.0 Å². The second kappa shape index (κ2) is 13.9. The predicted octanol–water partition coefficient (Wildman–Crippen LogP) is 5.93. The lowest BCUT2D eigenvalue weighted by Gasteiger charge is -2.14. The third-order valence-electron chi connectivity index (χ3n) is 6.19. The zero-order valence-corrected chi connectivity index (χ0v) is 25.5. The summed E-state index contributed by atoms with van der Waals surface area (Å²) in [4.78, 5) is 25.8.